The van der Waals surface area contributed by atoms with Gasteiger partial charge in [-0.15, -0.1) is 0 Å². The maximum absolute atomic E-state index is 13.9. The Kier molecular flexibility index (Phi) is 10.8. The highest BCUT2D eigenvalue weighted by Gasteiger charge is 2.69. The number of hydrogen-bond donors (Lipinski definition) is 2. The highest BCUT2D eigenvalue weighted by molar-refractivity contribution is 7.90. The van der Waals surface area contributed by atoms with Crippen LogP contribution in [0, 0.1) is 6.92 Å². The quantitative estimate of drug-likeness (QED) is 0.156. The lowest BCUT2D eigenvalue weighted by Gasteiger charge is -2.48. The maximum Gasteiger partial charge on any atom is 0.330 e. The molecule has 14 heteroatoms. The first-order valence-electron chi connectivity index (χ1n) is 19.3. The monoisotopic (exact) mass is 837 g/mol. The number of aromatic nitrogens is 2. The van der Waals surface area contributed by atoms with E-state index in [0.717, 1.165) is 26.2 Å². The molecule has 4 atom stereocenters. The van der Waals surface area contributed by atoms with Crippen LogP contribution >= 0.6 is 0 Å². The van der Waals surface area contributed by atoms with Crippen molar-refractivity contribution in [3.8, 4) is 0 Å². The van der Waals surface area contributed by atoms with Crippen molar-refractivity contribution in [1.29, 1.82) is 0 Å². The molecular formula is C44H51N3O8SSi2. The van der Waals surface area contributed by atoms with Crippen LogP contribution in [0.1, 0.15) is 53.3 Å². The van der Waals surface area contributed by atoms with Gasteiger partial charge in [-0.05, 0) is 37.7 Å². The molecule has 304 valence electrons. The van der Waals surface area contributed by atoms with E-state index in [1.165, 1.54) is 10.8 Å². The molecule has 0 bridgehead atoms. The van der Waals surface area contributed by atoms with Crippen molar-refractivity contribution in [3.05, 3.63) is 165 Å². The van der Waals surface area contributed by atoms with Gasteiger partial charge in [-0.25, -0.2) is 8.98 Å². The zero-order chi connectivity index (χ0) is 41.7. The second kappa shape index (κ2) is 15.2. The van der Waals surface area contributed by atoms with Crippen molar-refractivity contribution in [3.63, 3.8) is 0 Å². The van der Waals surface area contributed by atoms with Gasteiger partial charge in [-0.2, -0.15) is 8.42 Å². The minimum atomic E-state index is -4.41. The van der Waals surface area contributed by atoms with Crippen molar-refractivity contribution < 1.29 is 26.2 Å². The zero-order valence-corrected chi connectivity index (χ0v) is 36.7. The molecule has 0 amide bonds. The van der Waals surface area contributed by atoms with Crippen LogP contribution in [0.15, 0.2) is 148 Å². The Morgan fingerprint density at radius 3 is 1.57 bits per heavy atom. The number of nitrogens with zero attached hydrogens (tertiary/aromatic N) is 1. The van der Waals surface area contributed by atoms with Gasteiger partial charge in [-0.3, -0.25) is 14.3 Å². The molecule has 1 saturated heterocycles. The first-order valence-corrected chi connectivity index (χ1v) is 24.6. The van der Waals surface area contributed by atoms with Crippen molar-refractivity contribution >= 4 is 47.5 Å². The lowest BCUT2D eigenvalue weighted by Crippen LogP contribution is -2.71. The van der Waals surface area contributed by atoms with Gasteiger partial charge in [0.15, 0.2) is 11.8 Å². The molecular weight excluding hydrogens is 787 g/mol. The Morgan fingerprint density at radius 1 is 0.741 bits per heavy atom. The minimum absolute atomic E-state index is 0.150. The predicted molar refractivity (Wildman–Crippen MR) is 231 cm³/mol. The van der Waals surface area contributed by atoms with Gasteiger partial charge in [0, 0.05) is 11.8 Å². The first kappa shape index (κ1) is 41.5. The summed E-state index contributed by atoms with van der Waals surface area (Å²) < 4.78 is 57.2. The fourth-order valence-corrected chi connectivity index (χ4v) is 19.3. The summed E-state index contributed by atoms with van der Waals surface area (Å²) in [6.07, 6.45) is -2.56. The number of nitrogens with two attached hydrogens (primary N) is 1. The van der Waals surface area contributed by atoms with Crippen molar-refractivity contribution in [2.75, 3.05) is 6.61 Å². The van der Waals surface area contributed by atoms with E-state index >= 15 is 0 Å². The molecule has 3 heterocycles. The number of H-pyrrole nitrogens is 1. The molecule has 2 aliphatic heterocycles. The molecule has 5 aromatic rings. The predicted octanol–water partition coefficient (Wildman–Crippen LogP) is 4.16. The number of rotatable bonds is 10. The minimum Gasteiger partial charge on any atom is -0.405 e. The molecule has 1 aromatic heterocycles. The smallest absolute Gasteiger partial charge is 0.330 e. The van der Waals surface area contributed by atoms with Gasteiger partial charge in [0.2, 0.25) is 0 Å². The van der Waals surface area contributed by atoms with Gasteiger partial charge in [0.1, 0.15) is 12.2 Å². The lowest BCUT2D eigenvalue weighted by atomic mass is 9.89. The van der Waals surface area contributed by atoms with Gasteiger partial charge in [-0.1, -0.05) is 163 Å². The van der Waals surface area contributed by atoms with Gasteiger partial charge in [0.25, 0.3) is 32.3 Å². The summed E-state index contributed by atoms with van der Waals surface area (Å²) in [5.41, 5.74) is 3.66. The molecule has 0 aliphatic carbocycles. The molecule has 0 saturated carbocycles. The first-order chi connectivity index (χ1) is 27.4. The largest absolute Gasteiger partial charge is 0.405 e. The van der Waals surface area contributed by atoms with E-state index in [-0.39, 0.29) is 17.9 Å². The Labute approximate surface area is 341 Å². The zero-order valence-electron chi connectivity index (χ0n) is 33.8. The number of nitrogens with one attached hydrogen (secondary N) is 1. The maximum atomic E-state index is 13.9. The van der Waals surface area contributed by atoms with Crippen LogP contribution in [0.5, 0.6) is 0 Å². The van der Waals surface area contributed by atoms with Gasteiger partial charge < -0.3 is 19.3 Å². The third-order valence-electron chi connectivity index (χ3n) is 11.4. The van der Waals surface area contributed by atoms with Crippen LogP contribution in [0.25, 0.3) is 0 Å². The SMILES string of the molecule is Cc1cn([C@@H]2OC(CO[Si](c3ccccc3)(c3ccccc3)C(C)(C)C)C3(OS(=O)(=O)C=C3N)[C@H]2O[Si](c2ccccc2)(c2ccccc2)C(C)(C)C)c(=O)[nH]c1=O. The van der Waals surface area contributed by atoms with Gasteiger partial charge >= 0.3 is 5.69 Å². The highest BCUT2D eigenvalue weighted by atomic mass is 32.2. The summed E-state index contributed by atoms with van der Waals surface area (Å²) in [4.78, 5) is 29.1. The average molecular weight is 838 g/mol. The van der Waals surface area contributed by atoms with Crippen LogP contribution in [-0.2, 0) is 27.9 Å². The Hall–Kier alpha value is -4.68. The van der Waals surface area contributed by atoms with Crippen LogP contribution < -0.4 is 37.7 Å². The van der Waals surface area contributed by atoms with Crippen molar-refractivity contribution in [2.24, 2.45) is 5.73 Å². The fourth-order valence-electron chi connectivity index (χ4n) is 8.84. The Balaban J connectivity index is 1.49. The van der Waals surface area contributed by atoms with E-state index in [1.807, 2.05) is 97.1 Å². The van der Waals surface area contributed by atoms with E-state index in [2.05, 4.69) is 70.8 Å². The molecule has 11 nitrogen and oxygen atoms in total. The van der Waals surface area contributed by atoms with Crippen molar-refractivity contribution in [1.82, 2.24) is 9.55 Å². The number of aromatic amines is 1. The third kappa shape index (κ3) is 6.89. The number of aryl methyl sites for hydroxylation is 1. The Bertz CT molecular complexity index is 2440. The second-order valence-electron chi connectivity index (χ2n) is 17.1. The van der Waals surface area contributed by atoms with E-state index in [4.69, 9.17) is 23.5 Å². The van der Waals surface area contributed by atoms with Crippen LogP contribution in [0.2, 0.25) is 10.1 Å². The lowest BCUT2D eigenvalue weighted by molar-refractivity contribution is -0.0557. The number of hydrogen-bond acceptors (Lipinski definition) is 9. The molecule has 1 spiro atoms. The topological polar surface area (TPSA) is 152 Å². The van der Waals surface area contributed by atoms with E-state index < -0.39 is 72.1 Å². The second-order valence-corrected chi connectivity index (χ2v) is 27.1. The van der Waals surface area contributed by atoms with E-state index in [9.17, 15) is 18.0 Å². The summed E-state index contributed by atoms with van der Waals surface area (Å²) in [5, 5.41) is 3.61. The molecule has 4 aromatic carbocycles. The molecule has 2 unspecified atom stereocenters. The summed E-state index contributed by atoms with van der Waals surface area (Å²) in [6.45, 7) is 14.0. The standard InChI is InChI=1S/C44H51N3O8SSi2/c1-31-28-47(41(49)46-39(31)48)40-38(54-58(43(5,6)7,34-24-16-10-17-25-34)35-26-18-11-19-27-35)44(36(45)30-56(50,51)55-44)37(53-40)29-52-57(42(2,3)4,32-20-12-8-13-21-32)33-22-14-9-15-23-33/h8-28,30,37-38,40H,29,45H2,1-7H3,(H,46,48,49)/t37?,38-,40+,44?/m0/s1. The van der Waals surface area contributed by atoms with Crippen LogP contribution in [0.4, 0.5) is 0 Å². The molecule has 2 aliphatic rings. The molecule has 3 N–H and O–H groups in total. The van der Waals surface area contributed by atoms with Crippen LogP contribution in [-0.4, -0.2) is 59.0 Å². The molecule has 1 fully saturated rings. The molecule has 58 heavy (non-hydrogen) atoms. The fraction of sp³-hybridized carbons (Fsp3) is 0.318. The summed E-state index contributed by atoms with van der Waals surface area (Å²) >= 11 is 0. The van der Waals surface area contributed by atoms with E-state index in [1.54, 1.807) is 6.92 Å². The molecule has 0 radical (unpaired) electrons. The van der Waals surface area contributed by atoms with Crippen LogP contribution in [0.3, 0.4) is 0 Å². The highest BCUT2D eigenvalue weighted by Crippen LogP contribution is 2.52. The number of benzene rings is 4. The number of ether oxygens (including phenoxy) is 1. The third-order valence-corrected chi connectivity index (χ3v) is 22.5. The molecule has 7 rings (SSSR count). The van der Waals surface area contributed by atoms with Gasteiger partial charge in [0.05, 0.1) is 17.7 Å². The normalized spacial score (nSPS) is 22.3. The summed E-state index contributed by atoms with van der Waals surface area (Å²) in [5.74, 6) is 0. The average Bonchev–Trinajstić information content (AvgIpc) is 3.62. The summed E-state index contributed by atoms with van der Waals surface area (Å²) in [6, 6.07) is 39.7. The van der Waals surface area contributed by atoms with Crippen molar-refractivity contribution in [2.45, 2.75) is 82.6 Å². The summed E-state index contributed by atoms with van der Waals surface area (Å²) in [7, 11) is -11.3. The Morgan fingerprint density at radius 2 is 1.17 bits per heavy atom. The van der Waals surface area contributed by atoms with E-state index in [0.29, 0.717) is 0 Å².